The summed E-state index contributed by atoms with van der Waals surface area (Å²) in [5.74, 6) is 0.948. The molecule has 1 N–H and O–H groups in total. The zero-order chi connectivity index (χ0) is 14.9. The molecule has 19 heavy (non-hydrogen) atoms. The molecule has 0 bridgehead atoms. The van der Waals surface area contributed by atoms with E-state index in [1.165, 1.54) is 19.1 Å². The fraction of sp³-hybridized carbons (Fsp3) is 1.00. The van der Waals surface area contributed by atoms with E-state index in [1.54, 1.807) is 0 Å². The lowest BCUT2D eigenvalue weighted by Crippen LogP contribution is -2.37. The summed E-state index contributed by atoms with van der Waals surface area (Å²) in [6, 6.07) is 0. The smallest absolute Gasteiger partial charge is 0.147 e. The molecule has 0 aliphatic heterocycles. The first-order valence-electron chi connectivity index (χ1n) is 7.63. The molecular weight excluding hydrogens is 258 g/mol. The highest BCUT2D eigenvalue weighted by Crippen LogP contribution is 2.32. The molecule has 0 aliphatic carbocycles. The minimum atomic E-state index is -2.86. The summed E-state index contributed by atoms with van der Waals surface area (Å²) < 4.78 is 22.9. The maximum atomic E-state index is 11.4. The largest absolute Gasteiger partial charge is 0.316 e. The number of hydrogen-bond donors (Lipinski definition) is 1. The average molecular weight is 292 g/mol. The van der Waals surface area contributed by atoms with Gasteiger partial charge >= 0.3 is 0 Å². The highest BCUT2D eigenvalue weighted by Gasteiger charge is 2.28. The number of sulfone groups is 1. The minimum absolute atomic E-state index is 0.147. The summed E-state index contributed by atoms with van der Waals surface area (Å²) in [4.78, 5) is 0. The van der Waals surface area contributed by atoms with Gasteiger partial charge in [0.1, 0.15) is 9.84 Å². The van der Waals surface area contributed by atoms with Crippen LogP contribution in [0.5, 0.6) is 0 Å². The van der Waals surface area contributed by atoms with Crippen molar-refractivity contribution in [1.82, 2.24) is 5.32 Å². The van der Waals surface area contributed by atoms with Gasteiger partial charge in [-0.3, -0.25) is 0 Å². The van der Waals surface area contributed by atoms with Crippen molar-refractivity contribution >= 4 is 9.84 Å². The molecular formula is C15H33NO2S. The number of nitrogens with one attached hydrogen (secondary N) is 1. The van der Waals surface area contributed by atoms with Crippen LogP contribution in [0.25, 0.3) is 0 Å². The Kier molecular flexibility index (Phi) is 8.92. The molecule has 3 nitrogen and oxygen atoms in total. The highest BCUT2D eigenvalue weighted by molar-refractivity contribution is 7.90. The quantitative estimate of drug-likeness (QED) is 0.635. The standard InChI is InChI=1S/C15H33NO2S/c1-6-8-9-15(7-2,10-11-19(5,17)18)13-16-12-14(3)4/h14,16H,6-13H2,1-5H3. The van der Waals surface area contributed by atoms with Crippen LogP contribution in [-0.4, -0.2) is 33.5 Å². The Morgan fingerprint density at radius 1 is 1.16 bits per heavy atom. The van der Waals surface area contributed by atoms with Crippen molar-refractivity contribution < 1.29 is 8.42 Å². The van der Waals surface area contributed by atoms with E-state index >= 15 is 0 Å². The van der Waals surface area contributed by atoms with E-state index < -0.39 is 9.84 Å². The molecule has 0 aromatic heterocycles. The van der Waals surface area contributed by atoms with E-state index in [0.29, 0.717) is 11.7 Å². The van der Waals surface area contributed by atoms with Crippen LogP contribution in [0.15, 0.2) is 0 Å². The van der Waals surface area contributed by atoms with E-state index in [4.69, 9.17) is 0 Å². The molecule has 0 saturated heterocycles. The Morgan fingerprint density at radius 2 is 1.79 bits per heavy atom. The lowest BCUT2D eigenvalue weighted by molar-refractivity contribution is 0.220. The minimum Gasteiger partial charge on any atom is -0.316 e. The average Bonchev–Trinajstić information content (AvgIpc) is 2.31. The Morgan fingerprint density at radius 3 is 2.21 bits per heavy atom. The molecule has 1 atom stereocenters. The molecule has 0 rings (SSSR count). The van der Waals surface area contributed by atoms with E-state index in [2.05, 4.69) is 33.0 Å². The summed E-state index contributed by atoms with van der Waals surface area (Å²) in [6.07, 6.45) is 6.65. The molecule has 0 aromatic rings. The predicted octanol–water partition coefficient (Wildman–Crippen LogP) is 3.25. The van der Waals surface area contributed by atoms with Gasteiger partial charge < -0.3 is 5.32 Å². The van der Waals surface area contributed by atoms with Gasteiger partial charge in [0.25, 0.3) is 0 Å². The van der Waals surface area contributed by atoms with Crippen LogP contribution in [0.3, 0.4) is 0 Å². The SMILES string of the molecule is CCCCC(CC)(CCS(C)(=O)=O)CNCC(C)C. The maximum Gasteiger partial charge on any atom is 0.147 e. The van der Waals surface area contributed by atoms with Crippen LogP contribution < -0.4 is 5.32 Å². The number of rotatable bonds is 11. The van der Waals surface area contributed by atoms with Crippen molar-refractivity contribution in [3.05, 3.63) is 0 Å². The lowest BCUT2D eigenvalue weighted by Gasteiger charge is -2.33. The molecule has 0 heterocycles. The van der Waals surface area contributed by atoms with Gasteiger partial charge in [0.05, 0.1) is 5.75 Å². The molecule has 0 aliphatic rings. The molecule has 0 radical (unpaired) electrons. The Labute approximate surface area is 120 Å². The molecule has 0 aromatic carbocycles. The molecule has 0 amide bonds. The van der Waals surface area contributed by atoms with Gasteiger partial charge in [0.2, 0.25) is 0 Å². The van der Waals surface area contributed by atoms with Crippen LogP contribution in [0.2, 0.25) is 0 Å². The molecule has 0 spiro atoms. The van der Waals surface area contributed by atoms with Crippen LogP contribution in [0.4, 0.5) is 0 Å². The summed E-state index contributed by atoms with van der Waals surface area (Å²) in [7, 11) is -2.86. The van der Waals surface area contributed by atoms with E-state index in [-0.39, 0.29) is 5.41 Å². The Bertz CT molecular complexity index is 325. The second-order valence-corrected chi connectivity index (χ2v) is 8.62. The second-order valence-electron chi connectivity index (χ2n) is 6.36. The summed E-state index contributed by atoms with van der Waals surface area (Å²) >= 11 is 0. The van der Waals surface area contributed by atoms with Crippen molar-refractivity contribution in [1.29, 1.82) is 0 Å². The van der Waals surface area contributed by atoms with Crippen LogP contribution >= 0.6 is 0 Å². The van der Waals surface area contributed by atoms with Crippen molar-refractivity contribution in [3.63, 3.8) is 0 Å². The molecule has 0 fully saturated rings. The van der Waals surface area contributed by atoms with Crippen LogP contribution in [0.1, 0.15) is 59.8 Å². The summed E-state index contributed by atoms with van der Waals surface area (Å²) in [6.45, 7) is 10.7. The first kappa shape index (κ1) is 18.9. The lowest BCUT2D eigenvalue weighted by atomic mass is 9.77. The number of hydrogen-bond acceptors (Lipinski definition) is 3. The van der Waals surface area contributed by atoms with Gasteiger partial charge in [-0.1, -0.05) is 40.5 Å². The van der Waals surface area contributed by atoms with Crippen molar-refractivity contribution in [2.75, 3.05) is 25.1 Å². The van der Waals surface area contributed by atoms with Crippen molar-refractivity contribution in [3.8, 4) is 0 Å². The second kappa shape index (κ2) is 8.96. The third-order valence-electron chi connectivity index (χ3n) is 3.87. The van der Waals surface area contributed by atoms with Gasteiger partial charge in [-0.05, 0) is 37.1 Å². The summed E-state index contributed by atoms with van der Waals surface area (Å²) in [5, 5.41) is 3.53. The van der Waals surface area contributed by atoms with E-state index in [9.17, 15) is 8.42 Å². The van der Waals surface area contributed by atoms with E-state index in [0.717, 1.165) is 32.4 Å². The fourth-order valence-electron chi connectivity index (χ4n) is 2.36. The maximum absolute atomic E-state index is 11.4. The summed E-state index contributed by atoms with van der Waals surface area (Å²) in [5.41, 5.74) is 0.147. The van der Waals surface area contributed by atoms with Crippen molar-refractivity contribution in [2.45, 2.75) is 59.8 Å². The van der Waals surface area contributed by atoms with Crippen LogP contribution in [-0.2, 0) is 9.84 Å². The van der Waals surface area contributed by atoms with Gasteiger partial charge in [-0.15, -0.1) is 0 Å². The van der Waals surface area contributed by atoms with Gasteiger partial charge in [0.15, 0.2) is 0 Å². The molecule has 4 heteroatoms. The topological polar surface area (TPSA) is 46.2 Å². The Hall–Kier alpha value is -0.0900. The molecule has 0 saturated carbocycles. The zero-order valence-corrected chi connectivity index (χ0v) is 14.3. The van der Waals surface area contributed by atoms with Crippen LogP contribution in [0, 0.1) is 11.3 Å². The van der Waals surface area contributed by atoms with Gasteiger partial charge in [-0.2, -0.15) is 0 Å². The van der Waals surface area contributed by atoms with Crippen molar-refractivity contribution in [2.24, 2.45) is 11.3 Å². The van der Waals surface area contributed by atoms with E-state index in [1.807, 2.05) is 0 Å². The van der Waals surface area contributed by atoms with Gasteiger partial charge in [-0.25, -0.2) is 8.42 Å². The predicted molar refractivity (Wildman–Crippen MR) is 84.3 cm³/mol. The Balaban J connectivity index is 4.57. The first-order chi connectivity index (χ1) is 8.74. The molecule has 1 unspecified atom stereocenters. The number of unbranched alkanes of at least 4 members (excludes halogenated alkanes) is 1. The third kappa shape index (κ3) is 9.44. The fourth-order valence-corrected chi connectivity index (χ4v) is 3.16. The molecule has 116 valence electrons. The normalized spacial score (nSPS) is 15.7. The first-order valence-corrected chi connectivity index (χ1v) is 9.69. The third-order valence-corrected chi connectivity index (χ3v) is 4.81. The highest BCUT2D eigenvalue weighted by atomic mass is 32.2. The zero-order valence-electron chi connectivity index (χ0n) is 13.5. The van der Waals surface area contributed by atoms with Gasteiger partial charge in [0, 0.05) is 12.8 Å². The monoisotopic (exact) mass is 291 g/mol.